The van der Waals surface area contributed by atoms with E-state index >= 15 is 0 Å². The van der Waals surface area contributed by atoms with Gasteiger partial charge in [-0.25, -0.2) is 0 Å². The molecule has 0 aliphatic carbocycles. The molecule has 0 atom stereocenters. The van der Waals surface area contributed by atoms with Gasteiger partial charge in [-0.05, 0) is 13.0 Å². The zero-order valence-electron chi connectivity index (χ0n) is 6.66. The molecule has 0 saturated carbocycles. The largest absolute Gasteiger partial charge is 0.0898 e. The van der Waals surface area contributed by atoms with Gasteiger partial charge in [-0.3, -0.25) is 0 Å². The highest BCUT2D eigenvalue weighted by Gasteiger charge is 2.09. The van der Waals surface area contributed by atoms with Crippen molar-refractivity contribution in [2.45, 2.75) is 32.6 Å². The van der Waals surface area contributed by atoms with E-state index in [2.05, 4.69) is 25.7 Å². The van der Waals surface area contributed by atoms with Crippen molar-refractivity contribution >= 4 is 19.7 Å². The second-order valence-corrected chi connectivity index (χ2v) is 9.68. The third kappa shape index (κ3) is 8.25. The Bertz CT molecular complexity index is 107. The Kier molecular flexibility index (Phi) is 3.52. The zero-order valence-corrected chi connectivity index (χ0v) is 8.42. The molecule has 0 aliphatic rings. The summed E-state index contributed by atoms with van der Waals surface area (Å²) in [6, 6.07) is 1.20. The summed E-state index contributed by atoms with van der Waals surface area (Å²) < 4.78 is 0. The van der Waals surface area contributed by atoms with E-state index in [1.807, 2.05) is 6.92 Å². The van der Waals surface area contributed by atoms with Gasteiger partial charge in [0.25, 0.3) is 0 Å². The summed E-state index contributed by atoms with van der Waals surface area (Å²) in [6.07, 6.45) is 2.12. The van der Waals surface area contributed by atoms with Gasteiger partial charge in [-0.2, -0.15) is 0 Å². The van der Waals surface area contributed by atoms with Crippen molar-refractivity contribution in [1.29, 1.82) is 0 Å². The Balaban J connectivity index is 3.64. The Morgan fingerprint density at radius 2 is 1.89 bits per heavy atom. The van der Waals surface area contributed by atoms with Crippen LogP contribution in [0, 0.1) is 0 Å². The van der Waals surface area contributed by atoms with Crippen molar-refractivity contribution in [3.8, 4) is 0 Å². The van der Waals surface area contributed by atoms with E-state index in [1.54, 1.807) is 0 Å². The monoisotopic (exact) mass is 162 g/mol. The molecule has 0 fully saturated rings. The maximum absolute atomic E-state index is 5.67. The lowest BCUT2D eigenvalue weighted by Gasteiger charge is -2.11. The Morgan fingerprint density at radius 1 is 1.44 bits per heavy atom. The van der Waals surface area contributed by atoms with Crippen LogP contribution in [0.4, 0.5) is 0 Å². The van der Waals surface area contributed by atoms with Gasteiger partial charge >= 0.3 is 0 Å². The lowest BCUT2D eigenvalue weighted by atomic mass is 10.6. The molecule has 0 aromatic rings. The topological polar surface area (TPSA) is 0 Å². The van der Waals surface area contributed by atoms with Gasteiger partial charge in [0.15, 0.2) is 0 Å². The highest BCUT2D eigenvalue weighted by Crippen LogP contribution is 2.11. The van der Waals surface area contributed by atoms with Crippen LogP contribution in [0.2, 0.25) is 25.7 Å². The van der Waals surface area contributed by atoms with Crippen molar-refractivity contribution in [1.82, 2.24) is 0 Å². The fourth-order valence-corrected chi connectivity index (χ4v) is 1.57. The molecule has 0 spiro atoms. The first-order chi connectivity index (χ1) is 3.92. The minimum atomic E-state index is -0.881. The average molecular weight is 163 g/mol. The second-order valence-electron chi connectivity index (χ2n) is 3.56. The van der Waals surface area contributed by atoms with Crippen LogP contribution in [0.1, 0.15) is 6.92 Å². The quantitative estimate of drug-likeness (QED) is 0.546. The van der Waals surface area contributed by atoms with E-state index < -0.39 is 8.07 Å². The van der Waals surface area contributed by atoms with E-state index in [1.165, 1.54) is 6.04 Å². The van der Waals surface area contributed by atoms with Gasteiger partial charge in [-0.15, -0.1) is 0 Å². The fourth-order valence-electron chi connectivity index (χ4n) is 0.447. The molecule has 54 valence electrons. The molecule has 9 heavy (non-hydrogen) atoms. The molecule has 0 saturated heterocycles. The summed E-state index contributed by atoms with van der Waals surface area (Å²) in [4.78, 5) is 0. The molecular weight excluding hydrogens is 148 g/mol. The first-order valence-electron chi connectivity index (χ1n) is 3.24. The van der Waals surface area contributed by atoms with Crippen molar-refractivity contribution in [3.05, 3.63) is 11.1 Å². The predicted octanol–water partition coefficient (Wildman–Crippen LogP) is 3.47. The third-order valence-electron chi connectivity index (χ3n) is 0.996. The van der Waals surface area contributed by atoms with Gasteiger partial charge in [0.1, 0.15) is 0 Å². The first kappa shape index (κ1) is 9.25. The number of rotatable bonds is 2. The van der Waals surface area contributed by atoms with Gasteiger partial charge in [0.05, 0.1) is 0 Å². The Hall–Kier alpha value is 0.247. The standard InChI is InChI=1S/C7H15ClSi/c1-7(8)5-6-9(2,3)4/h5H,6H2,1-4H3. The minimum Gasteiger partial charge on any atom is -0.0898 e. The van der Waals surface area contributed by atoms with Crippen molar-refractivity contribution < 1.29 is 0 Å². The van der Waals surface area contributed by atoms with Crippen LogP contribution < -0.4 is 0 Å². The summed E-state index contributed by atoms with van der Waals surface area (Å²) in [5.74, 6) is 0. The van der Waals surface area contributed by atoms with Crippen molar-refractivity contribution in [2.75, 3.05) is 0 Å². The van der Waals surface area contributed by atoms with E-state index in [0.29, 0.717) is 0 Å². The Morgan fingerprint density at radius 3 is 2.00 bits per heavy atom. The molecule has 0 aromatic heterocycles. The van der Waals surface area contributed by atoms with Crippen LogP contribution in [-0.4, -0.2) is 8.07 Å². The highest BCUT2D eigenvalue weighted by molar-refractivity contribution is 6.76. The second kappa shape index (κ2) is 3.42. The van der Waals surface area contributed by atoms with Crippen LogP contribution in [0.25, 0.3) is 0 Å². The zero-order chi connectivity index (χ0) is 7.49. The first-order valence-corrected chi connectivity index (χ1v) is 7.32. The molecule has 0 unspecified atom stereocenters. The van der Waals surface area contributed by atoms with Crippen LogP contribution >= 0.6 is 11.6 Å². The summed E-state index contributed by atoms with van der Waals surface area (Å²) in [7, 11) is -0.881. The fraction of sp³-hybridized carbons (Fsp3) is 0.714. The highest BCUT2D eigenvalue weighted by atomic mass is 35.5. The summed E-state index contributed by atoms with van der Waals surface area (Å²) in [5, 5.41) is 0.928. The molecular formula is C7H15ClSi. The van der Waals surface area contributed by atoms with Gasteiger partial charge in [0, 0.05) is 13.1 Å². The molecule has 0 rings (SSSR count). The number of allylic oxidation sites excluding steroid dienone is 2. The molecule has 0 N–H and O–H groups in total. The van der Waals surface area contributed by atoms with E-state index in [-0.39, 0.29) is 0 Å². The van der Waals surface area contributed by atoms with Crippen LogP contribution in [-0.2, 0) is 0 Å². The summed E-state index contributed by atoms with van der Waals surface area (Å²) in [6.45, 7) is 8.94. The molecule has 0 aliphatic heterocycles. The van der Waals surface area contributed by atoms with Gasteiger partial charge in [0.2, 0.25) is 0 Å². The molecule has 0 amide bonds. The Labute approximate surface area is 63.9 Å². The SMILES string of the molecule is CC(Cl)=CC[Si](C)(C)C. The van der Waals surface area contributed by atoms with E-state index in [9.17, 15) is 0 Å². The average Bonchev–Trinajstić information content (AvgIpc) is 1.59. The number of halogens is 1. The van der Waals surface area contributed by atoms with Gasteiger partial charge in [-0.1, -0.05) is 37.3 Å². The molecule has 0 nitrogen and oxygen atoms in total. The summed E-state index contributed by atoms with van der Waals surface area (Å²) >= 11 is 5.67. The minimum absolute atomic E-state index is 0.881. The van der Waals surface area contributed by atoms with E-state index in [0.717, 1.165) is 5.03 Å². The smallest absolute Gasteiger partial charge is 0.0480 e. The maximum atomic E-state index is 5.67. The lowest BCUT2D eigenvalue weighted by molar-refractivity contribution is 1.47. The third-order valence-corrected chi connectivity index (χ3v) is 2.58. The van der Waals surface area contributed by atoms with Crippen LogP contribution in [0.3, 0.4) is 0 Å². The number of hydrogen-bond donors (Lipinski definition) is 0. The van der Waals surface area contributed by atoms with E-state index in [4.69, 9.17) is 11.6 Å². The van der Waals surface area contributed by atoms with Gasteiger partial charge < -0.3 is 0 Å². The molecule has 0 aromatic carbocycles. The maximum Gasteiger partial charge on any atom is 0.0480 e. The number of hydrogen-bond acceptors (Lipinski definition) is 0. The van der Waals surface area contributed by atoms with Crippen LogP contribution in [0.5, 0.6) is 0 Å². The lowest BCUT2D eigenvalue weighted by Crippen LogP contribution is -2.17. The normalized spacial score (nSPS) is 14.1. The van der Waals surface area contributed by atoms with Crippen molar-refractivity contribution in [2.24, 2.45) is 0 Å². The molecule has 0 heterocycles. The molecule has 0 radical (unpaired) electrons. The summed E-state index contributed by atoms with van der Waals surface area (Å²) in [5.41, 5.74) is 0. The predicted molar refractivity (Wildman–Crippen MR) is 47.8 cm³/mol. The van der Waals surface area contributed by atoms with Crippen LogP contribution in [0.15, 0.2) is 11.1 Å². The molecule has 0 bridgehead atoms. The molecule has 2 heteroatoms. The van der Waals surface area contributed by atoms with Crippen molar-refractivity contribution in [3.63, 3.8) is 0 Å².